The molecular weight excluding hydrogens is 847 g/mol. The van der Waals surface area contributed by atoms with Crippen molar-refractivity contribution in [3.63, 3.8) is 0 Å². The number of unbranched alkanes of at least 4 members (excludes halogenated alkanes) is 3. The summed E-state index contributed by atoms with van der Waals surface area (Å²) >= 11 is 0. The monoisotopic (exact) mass is 920 g/mol. The van der Waals surface area contributed by atoms with E-state index in [-0.39, 0.29) is 59.6 Å². The molecule has 0 unspecified atom stereocenters. The molecule has 7 nitrogen and oxygen atoms in total. The fourth-order valence-electron chi connectivity index (χ4n) is 6.63. The minimum Gasteiger partial charge on any atom is -0.469 e. The summed E-state index contributed by atoms with van der Waals surface area (Å²) in [6, 6.07) is 30.8. The maximum atomic E-state index is 11.9. The van der Waals surface area contributed by atoms with Crippen LogP contribution in [0.15, 0.2) is 96.6 Å². The van der Waals surface area contributed by atoms with Crippen molar-refractivity contribution >= 4 is 48.6 Å². The topological polar surface area (TPSA) is 83.5 Å². The van der Waals surface area contributed by atoms with Gasteiger partial charge in [-0.25, -0.2) is 0 Å². The molecule has 2 fully saturated rings. The molecule has 1 N–H and O–H groups in total. The van der Waals surface area contributed by atoms with Gasteiger partial charge in [-0.05, 0) is 39.4 Å². The number of hydrogen-bond acceptors (Lipinski definition) is 7. The van der Waals surface area contributed by atoms with Crippen molar-refractivity contribution in [3.8, 4) is 0 Å². The van der Waals surface area contributed by atoms with E-state index < -0.39 is 38.8 Å². The number of carbonyl (C=O) groups excluding carboxylic acids is 1. The molecule has 2 aliphatic rings. The van der Waals surface area contributed by atoms with Crippen molar-refractivity contribution in [3.05, 3.63) is 129 Å². The summed E-state index contributed by atoms with van der Waals surface area (Å²) in [6.45, 7) is 31.0. The first-order valence-corrected chi connectivity index (χ1v) is 22.8. The van der Waals surface area contributed by atoms with Crippen LogP contribution in [0.1, 0.15) is 105 Å². The Morgan fingerprint density at radius 2 is 1.29 bits per heavy atom. The van der Waals surface area contributed by atoms with Gasteiger partial charge in [-0.2, -0.15) is 0 Å². The predicted octanol–water partition coefficient (Wildman–Crippen LogP) is 9.23. The van der Waals surface area contributed by atoms with Crippen LogP contribution < -0.4 is 10.4 Å². The molecule has 318 valence electrons. The number of benzene rings is 3. The maximum Gasteiger partial charge on any atom is 0.308 e. The molecule has 0 aromatic heterocycles. The van der Waals surface area contributed by atoms with Crippen LogP contribution in [-0.2, 0) is 34.8 Å². The fourth-order valence-corrected chi connectivity index (χ4v) is 11.2. The number of rotatable bonds is 14. The van der Waals surface area contributed by atoms with Crippen LogP contribution in [0.5, 0.6) is 0 Å². The molecule has 0 aliphatic carbocycles. The Morgan fingerprint density at radius 3 is 1.72 bits per heavy atom. The van der Waals surface area contributed by atoms with E-state index in [1.807, 2.05) is 42.5 Å². The summed E-state index contributed by atoms with van der Waals surface area (Å²) in [6.07, 6.45) is 4.25. The van der Waals surface area contributed by atoms with Gasteiger partial charge in [0.05, 0.1) is 39.0 Å². The molecule has 0 amide bonds. The SMILES string of the molecule is [CH2]CCC.[CH2]CCC.[CH2]CCC.[CH]=C1[C@H]([C@H](CO[Si](c2ccccc2)(c2ccccc2)C(C)(C)C)OCc2ccccc2)O[C@H]2CC[C@H](CC(=O)OC)O[C@@H]2[C@H]1O.[Sn]. The first kappa shape index (κ1) is 53.7. The summed E-state index contributed by atoms with van der Waals surface area (Å²) in [5.74, 6) is -0.352. The van der Waals surface area contributed by atoms with Crippen LogP contribution in [0.2, 0.25) is 5.04 Å². The smallest absolute Gasteiger partial charge is 0.308 e. The van der Waals surface area contributed by atoms with Crippen LogP contribution in [-0.4, -0.2) is 93.6 Å². The molecule has 8 radical (unpaired) electrons. The van der Waals surface area contributed by atoms with E-state index >= 15 is 0 Å². The van der Waals surface area contributed by atoms with E-state index in [4.69, 9.17) is 30.0 Å². The minimum absolute atomic E-state index is 0. The Labute approximate surface area is 370 Å². The van der Waals surface area contributed by atoms with Gasteiger partial charge in [-0.15, -0.1) is 0 Å². The second-order valence-electron chi connectivity index (χ2n) is 15.5. The molecule has 5 rings (SSSR count). The third-order valence-corrected chi connectivity index (χ3v) is 15.0. The van der Waals surface area contributed by atoms with E-state index in [0.717, 1.165) is 35.2 Å². The molecule has 0 saturated carbocycles. The first-order valence-electron chi connectivity index (χ1n) is 20.8. The zero-order valence-corrected chi connectivity index (χ0v) is 40.4. The number of hydrogen-bond donors (Lipinski definition) is 1. The Balaban J connectivity index is 0.00000114. The summed E-state index contributed by atoms with van der Waals surface area (Å²) in [5.41, 5.74) is 1.24. The second kappa shape index (κ2) is 29.0. The molecular formula is C49H72O7SiSn. The van der Waals surface area contributed by atoms with Gasteiger partial charge in [0.2, 0.25) is 0 Å². The number of aliphatic hydroxyl groups is 1. The number of aliphatic hydroxyl groups excluding tert-OH is 1. The Kier molecular flexibility index (Phi) is 26.9. The largest absolute Gasteiger partial charge is 0.469 e. The summed E-state index contributed by atoms with van der Waals surface area (Å²) < 4.78 is 31.4. The molecule has 58 heavy (non-hydrogen) atoms. The van der Waals surface area contributed by atoms with Crippen LogP contribution in [0, 0.1) is 27.4 Å². The van der Waals surface area contributed by atoms with Crippen molar-refractivity contribution in [2.75, 3.05) is 13.7 Å². The van der Waals surface area contributed by atoms with E-state index in [9.17, 15) is 9.90 Å². The van der Waals surface area contributed by atoms with E-state index in [1.165, 1.54) is 26.4 Å². The van der Waals surface area contributed by atoms with Crippen molar-refractivity contribution in [2.45, 2.75) is 148 Å². The molecule has 0 bridgehead atoms. The number of methoxy groups -OCH3 is 1. The molecule has 2 aliphatic heterocycles. The van der Waals surface area contributed by atoms with Gasteiger partial charge < -0.3 is 28.5 Å². The maximum absolute atomic E-state index is 11.9. The molecule has 3 aromatic carbocycles. The van der Waals surface area contributed by atoms with E-state index in [2.05, 4.69) is 111 Å². The normalized spacial score (nSPS) is 20.5. The van der Waals surface area contributed by atoms with Gasteiger partial charge in [0.1, 0.15) is 24.4 Å². The third kappa shape index (κ3) is 16.3. The van der Waals surface area contributed by atoms with Crippen molar-refractivity contribution in [1.82, 2.24) is 0 Å². The van der Waals surface area contributed by atoms with Crippen LogP contribution in [0.3, 0.4) is 0 Å². The van der Waals surface area contributed by atoms with E-state index in [1.54, 1.807) is 0 Å². The molecule has 0 spiro atoms. The van der Waals surface area contributed by atoms with Gasteiger partial charge in [0.15, 0.2) is 0 Å². The minimum atomic E-state index is -2.90. The van der Waals surface area contributed by atoms with Gasteiger partial charge in [-0.1, -0.05) is 198 Å². The predicted molar refractivity (Wildman–Crippen MR) is 242 cm³/mol. The third-order valence-electron chi connectivity index (χ3n) is 10.00. The van der Waals surface area contributed by atoms with Crippen LogP contribution in [0.25, 0.3) is 0 Å². The molecule has 6 atom stereocenters. The van der Waals surface area contributed by atoms with Gasteiger partial charge in [0, 0.05) is 23.9 Å². The van der Waals surface area contributed by atoms with Gasteiger partial charge in [-0.3, -0.25) is 4.79 Å². The van der Waals surface area contributed by atoms with Gasteiger partial charge in [0.25, 0.3) is 8.32 Å². The Morgan fingerprint density at radius 1 is 0.828 bits per heavy atom. The number of carbonyl (C=O) groups is 1. The molecule has 9 heteroatoms. The Hall–Kier alpha value is -2.31. The van der Waals surface area contributed by atoms with Crippen molar-refractivity contribution in [2.24, 2.45) is 0 Å². The average Bonchev–Trinajstić information content (AvgIpc) is 3.24. The average molecular weight is 920 g/mol. The van der Waals surface area contributed by atoms with Crippen molar-refractivity contribution in [1.29, 1.82) is 0 Å². The van der Waals surface area contributed by atoms with E-state index in [0.29, 0.717) is 19.4 Å². The summed E-state index contributed by atoms with van der Waals surface area (Å²) in [5, 5.41) is 13.5. The Bertz CT molecular complexity index is 1450. The van der Waals surface area contributed by atoms with Crippen LogP contribution in [0.4, 0.5) is 0 Å². The van der Waals surface area contributed by atoms with Crippen molar-refractivity contribution < 1.29 is 33.3 Å². The number of esters is 1. The number of fused-ring (bicyclic) bond motifs is 1. The first-order chi connectivity index (χ1) is 27.4. The summed E-state index contributed by atoms with van der Waals surface area (Å²) in [4.78, 5) is 11.9. The number of ether oxygens (including phenoxy) is 4. The molecule has 2 heterocycles. The molecule has 2 saturated heterocycles. The zero-order valence-electron chi connectivity index (χ0n) is 36.5. The molecule has 3 aromatic rings. The van der Waals surface area contributed by atoms with Gasteiger partial charge >= 0.3 is 5.97 Å². The van der Waals surface area contributed by atoms with Crippen LogP contribution >= 0.6 is 0 Å². The zero-order chi connectivity index (χ0) is 42.3. The fraction of sp³-hybridized carbons (Fsp3) is 0.510. The quantitative estimate of drug-likeness (QED) is 0.128. The standard InChI is InChI=1S/C37H45O7Si.3C4H9.Sn/c1-26-34(39)36-31(22-21-28(43-36)23-33(38)40-5)44-35(26)32(41-24-27-15-9-6-10-16-27)25-42-45(37(2,3)4,29-17-11-7-12-18-29)30-19-13-8-14-20-30;3*1-3-4-2;/h1,6-20,28,31-32,34-36,39H,21-25H2,2-5H3;3*1,3-4H2,2H3;/t28-,31+,32+,34+,35-,36+;;;;/m1..../s1. The summed E-state index contributed by atoms with van der Waals surface area (Å²) in [7, 11) is -1.55. The second-order valence-corrected chi connectivity index (χ2v) is 19.8.